The van der Waals surface area contributed by atoms with Crippen molar-refractivity contribution in [2.75, 3.05) is 13.1 Å². The van der Waals surface area contributed by atoms with Crippen molar-refractivity contribution in [2.24, 2.45) is 0 Å². The maximum Gasteiger partial charge on any atom is 0.269 e. The minimum Gasteiger partial charge on any atom is -0.300 e. The van der Waals surface area contributed by atoms with E-state index < -0.39 is 0 Å². The van der Waals surface area contributed by atoms with E-state index >= 15 is 0 Å². The van der Waals surface area contributed by atoms with Gasteiger partial charge in [0.05, 0.1) is 4.92 Å². The first-order chi connectivity index (χ1) is 7.17. The van der Waals surface area contributed by atoms with Gasteiger partial charge in [-0.25, -0.2) is 0 Å². The summed E-state index contributed by atoms with van der Waals surface area (Å²) in [7, 11) is 0. The molecule has 0 saturated heterocycles. The van der Waals surface area contributed by atoms with Crippen LogP contribution in [0.4, 0.5) is 5.69 Å². The average Bonchev–Trinajstić information content (AvgIpc) is 2.26. The van der Waals surface area contributed by atoms with Gasteiger partial charge in [-0.2, -0.15) is 0 Å². The Morgan fingerprint density at radius 2 is 1.94 bits per heavy atom. The Morgan fingerprint density at radius 3 is 2.44 bits per heavy atom. The molecule has 0 spiro atoms. The monoisotopic (exact) mass is 288 g/mol. The highest BCUT2D eigenvalue weighted by Crippen LogP contribution is 2.14. The summed E-state index contributed by atoms with van der Waals surface area (Å²) >= 11 is 0. The van der Waals surface area contributed by atoms with E-state index in [1.54, 1.807) is 12.1 Å². The van der Waals surface area contributed by atoms with E-state index in [1.807, 2.05) is 6.07 Å². The predicted molar refractivity (Wildman–Crippen MR) is 70.0 cm³/mol. The molecule has 0 aliphatic carbocycles. The van der Waals surface area contributed by atoms with Gasteiger partial charge in [-0.15, -0.1) is 17.0 Å². The number of benzene rings is 1. The van der Waals surface area contributed by atoms with E-state index in [0.29, 0.717) is 0 Å². The van der Waals surface area contributed by atoms with Crippen molar-refractivity contribution in [1.29, 1.82) is 0 Å². The van der Waals surface area contributed by atoms with Crippen molar-refractivity contribution >= 4 is 22.7 Å². The molecule has 0 bridgehead atoms. The maximum atomic E-state index is 10.6. The van der Waals surface area contributed by atoms with E-state index in [4.69, 9.17) is 0 Å². The highest BCUT2D eigenvalue weighted by Gasteiger charge is 2.07. The Morgan fingerprint density at radius 1 is 1.31 bits per heavy atom. The first kappa shape index (κ1) is 15.1. The van der Waals surface area contributed by atoms with Gasteiger partial charge >= 0.3 is 0 Å². The molecule has 16 heavy (non-hydrogen) atoms. The first-order valence-corrected chi connectivity index (χ1v) is 5.13. The maximum absolute atomic E-state index is 10.6. The summed E-state index contributed by atoms with van der Waals surface area (Å²) in [5, 5.41) is 10.6. The molecule has 5 heteroatoms. The average molecular weight is 289 g/mol. The number of hydrogen-bond acceptors (Lipinski definition) is 3. The molecule has 0 amide bonds. The van der Waals surface area contributed by atoms with Crippen LogP contribution in [0.2, 0.25) is 0 Å². The molecule has 0 saturated carbocycles. The zero-order valence-electron chi connectivity index (χ0n) is 9.55. The molecule has 0 aliphatic heterocycles. The zero-order chi connectivity index (χ0) is 11.3. The van der Waals surface area contributed by atoms with Gasteiger partial charge in [-0.3, -0.25) is 15.0 Å². The molecule has 1 rings (SSSR count). The summed E-state index contributed by atoms with van der Waals surface area (Å²) in [6.07, 6.45) is 0. The van der Waals surface area contributed by atoms with Gasteiger partial charge in [0.15, 0.2) is 0 Å². The molecule has 0 N–H and O–H groups in total. The number of rotatable bonds is 5. The van der Waals surface area contributed by atoms with Crippen LogP contribution >= 0.6 is 17.0 Å². The normalized spacial score (nSPS) is 9.94. The second-order valence-electron chi connectivity index (χ2n) is 3.39. The molecule has 0 aromatic heterocycles. The molecule has 0 atom stereocenters. The standard InChI is InChI=1S/C11H16N2O2.BrH/c1-3-12(4-2)9-10-6-5-7-11(8-10)13(14)15;/h5-8H,3-4,9H2,1-2H3;1H. The van der Waals surface area contributed by atoms with Crippen LogP contribution in [0.15, 0.2) is 24.3 Å². The predicted octanol–water partition coefficient (Wildman–Crippen LogP) is 3.01. The molecule has 0 unspecified atom stereocenters. The summed E-state index contributed by atoms with van der Waals surface area (Å²) in [5.41, 5.74) is 1.16. The number of halogens is 1. The summed E-state index contributed by atoms with van der Waals surface area (Å²) in [6, 6.07) is 6.81. The van der Waals surface area contributed by atoms with Crippen molar-refractivity contribution in [1.82, 2.24) is 4.90 Å². The summed E-state index contributed by atoms with van der Waals surface area (Å²) in [5.74, 6) is 0. The van der Waals surface area contributed by atoms with Gasteiger partial charge in [0.1, 0.15) is 0 Å². The molecule has 90 valence electrons. The second kappa shape index (κ2) is 7.35. The fraction of sp³-hybridized carbons (Fsp3) is 0.455. The lowest BCUT2D eigenvalue weighted by atomic mass is 10.2. The fourth-order valence-corrected chi connectivity index (χ4v) is 1.47. The van der Waals surface area contributed by atoms with Crippen LogP contribution in [-0.2, 0) is 6.54 Å². The molecule has 1 aromatic rings. The number of nitro groups is 1. The van der Waals surface area contributed by atoms with Crippen molar-refractivity contribution in [3.63, 3.8) is 0 Å². The van der Waals surface area contributed by atoms with Crippen LogP contribution in [0.25, 0.3) is 0 Å². The molecular weight excluding hydrogens is 272 g/mol. The minimum atomic E-state index is -0.355. The number of hydrogen-bond donors (Lipinski definition) is 0. The van der Waals surface area contributed by atoms with Crippen LogP contribution < -0.4 is 0 Å². The molecule has 0 fully saturated rings. The number of nitrogens with zero attached hydrogens (tertiary/aromatic N) is 2. The van der Waals surface area contributed by atoms with Crippen LogP contribution in [0.3, 0.4) is 0 Å². The first-order valence-electron chi connectivity index (χ1n) is 5.13. The summed E-state index contributed by atoms with van der Waals surface area (Å²) < 4.78 is 0. The van der Waals surface area contributed by atoms with E-state index in [2.05, 4.69) is 18.7 Å². The lowest BCUT2D eigenvalue weighted by Gasteiger charge is -2.17. The van der Waals surface area contributed by atoms with E-state index in [0.717, 1.165) is 25.2 Å². The topological polar surface area (TPSA) is 46.4 Å². The van der Waals surface area contributed by atoms with Gasteiger partial charge in [-0.1, -0.05) is 26.0 Å². The van der Waals surface area contributed by atoms with E-state index in [-0.39, 0.29) is 27.6 Å². The molecular formula is C11H17BrN2O2. The van der Waals surface area contributed by atoms with Gasteiger partial charge in [0.25, 0.3) is 5.69 Å². The van der Waals surface area contributed by atoms with E-state index in [1.165, 1.54) is 6.07 Å². The van der Waals surface area contributed by atoms with Crippen molar-refractivity contribution in [2.45, 2.75) is 20.4 Å². The molecule has 0 radical (unpaired) electrons. The lowest BCUT2D eigenvalue weighted by molar-refractivity contribution is -0.384. The van der Waals surface area contributed by atoms with Crippen LogP contribution in [0.1, 0.15) is 19.4 Å². The zero-order valence-corrected chi connectivity index (χ0v) is 11.3. The van der Waals surface area contributed by atoms with Gasteiger partial charge in [0, 0.05) is 18.7 Å². The largest absolute Gasteiger partial charge is 0.300 e. The lowest BCUT2D eigenvalue weighted by Crippen LogP contribution is -2.22. The van der Waals surface area contributed by atoms with Crippen LogP contribution in [0.5, 0.6) is 0 Å². The number of nitro benzene ring substituents is 1. The van der Waals surface area contributed by atoms with Crippen molar-refractivity contribution in [3.8, 4) is 0 Å². The van der Waals surface area contributed by atoms with Gasteiger partial charge < -0.3 is 0 Å². The van der Waals surface area contributed by atoms with Crippen LogP contribution in [-0.4, -0.2) is 22.9 Å². The van der Waals surface area contributed by atoms with Gasteiger partial charge in [0.2, 0.25) is 0 Å². The quantitative estimate of drug-likeness (QED) is 0.618. The Labute approximate surface area is 106 Å². The molecule has 1 aromatic carbocycles. The Balaban J connectivity index is 0.00000225. The van der Waals surface area contributed by atoms with E-state index in [9.17, 15) is 10.1 Å². The minimum absolute atomic E-state index is 0. The van der Waals surface area contributed by atoms with Crippen molar-refractivity contribution in [3.05, 3.63) is 39.9 Å². The summed E-state index contributed by atoms with van der Waals surface area (Å²) in [4.78, 5) is 12.4. The highest BCUT2D eigenvalue weighted by atomic mass is 79.9. The third-order valence-corrected chi connectivity index (χ3v) is 2.42. The van der Waals surface area contributed by atoms with Gasteiger partial charge in [-0.05, 0) is 18.7 Å². The Kier molecular flexibility index (Phi) is 6.92. The SMILES string of the molecule is Br.CCN(CC)Cc1cccc([N+](=O)[O-])c1. The summed E-state index contributed by atoms with van der Waals surface area (Å²) in [6.45, 7) is 6.86. The highest BCUT2D eigenvalue weighted by molar-refractivity contribution is 8.93. The Hall–Kier alpha value is -0.940. The fourth-order valence-electron chi connectivity index (χ4n) is 1.47. The molecule has 0 heterocycles. The smallest absolute Gasteiger partial charge is 0.269 e. The second-order valence-corrected chi connectivity index (χ2v) is 3.39. The third-order valence-electron chi connectivity index (χ3n) is 2.42. The third kappa shape index (κ3) is 4.28. The number of non-ortho nitro benzene ring substituents is 1. The molecule has 4 nitrogen and oxygen atoms in total. The van der Waals surface area contributed by atoms with Crippen LogP contribution in [0, 0.1) is 10.1 Å². The Bertz CT molecular complexity index is 341. The van der Waals surface area contributed by atoms with Crippen molar-refractivity contribution < 1.29 is 4.92 Å². The molecule has 0 aliphatic rings.